The predicted molar refractivity (Wildman–Crippen MR) is 96.0 cm³/mol. The highest BCUT2D eigenvalue weighted by molar-refractivity contribution is 5.48. The molecule has 0 aliphatic carbocycles. The SMILES string of the molecule is C(=C\c1ccccc1)/CN1CCCN(Cc2ccncc2)CC1. The average Bonchev–Trinajstić information content (AvgIpc) is 2.82. The molecule has 3 rings (SSSR count). The first kappa shape index (κ1) is 15.9. The van der Waals surface area contributed by atoms with E-state index in [4.69, 9.17) is 0 Å². The molecule has 1 saturated heterocycles. The highest BCUT2D eigenvalue weighted by Gasteiger charge is 2.13. The summed E-state index contributed by atoms with van der Waals surface area (Å²) >= 11 is 0. The Hall–Kier alpha value is -1.97. The molecule has 1 aromatic heterocycles. The van der Waals surface area contributed by atoms with Crippen molar-refractivity contribution in [1.82, 2.24) is 14.8 Å². The van der Waals surface area contributed by atoms with Gasteiger partial charge >= 0.3 is 0 Å². The van der Waals surface area contributed by atoms with Crippen LogP contribution in [0.1, 0.15) is 17.5 Å². The third-order valence-corrected chi connectivity index (χ3v) is 4.31. The van der Waals surface area contributed by atoms with Crippen LogP contribution in [0.3, 0.4) is 0 Å². The van der Waals surface area contributed by atoms with Gasteiger partial charge in [0.1, 0.15) is 0 Å². The number of pyridine rings is 1. The maximum absolute atomic E-state index is 4.09. The van der Waals surface area contributed by atoms with Crippen LogP contribution in [0.15, 0.2) is 60.9 Å². The topological polar surface area (TPSA) is 19.4 Å². The van der Waals surface area contributed by atoms with Gasteiger partial charge in [-0.3, -0.25) is 14.8 Å². The first-order valence-electron chi connectivity index (χ1n) is 8.45. The summed E-state index contributed by atoms with van der Waals surface area (Å²) in [6.07, 6.45) is 9.51. The fraction of sp³-hybridized carbons (Fsp3) is 0.350. The van der Waals surface area contributed by atoms with Crippen LogP contribution in [0.5, 0.6) is 0 Å². The summed E-state index contributed by atoms with van der Waals surface area (Å²) in [5, 5.41) is 0. The molecule has 1 fully saturated rings. The minimum atomic E-state index is 1.04. The highest BCUT2D eigenvalue weighted by atomic mass is 15.2. The van der Waals surface area contributed by atoms with Crippen molar-refractivity contribution in [2.45, 2.75) is 13.0 Å². The number of nitrogens with zero attached hydrogens (tertiary/aromatic N) is 3. The van der Waals surface area contributed by atoms with Gasteiger partial charge in [0.25, 0.3) is 0 Å². The van der Waals surface area contributed by atoms with Gasteiger partial charge in [-0.25, -0.2) is 0 Å². The van der Waals surface area contributed by atoms with E-state index >= 15 is 0 Å². The maximum atomic E-state index is 4.09. The molecule has 1 aliphatic heterocycles. The fourth-order valence-corrected chi connectivity index (χ4v) is 3.01. The van der Waals surface area contributed by atoms with E-state index in [1.165, 1.54) is 30.6 Å². The molecular weight excluding hydrogens is 282 g/mol. The van der Waals surface area contributed by atoms with Crippen LogP contribution in [0.25, 0.3) is 6.08 Å². The maximum Gasteiger partial charge on any atom is 0.0271 e. The van der Waals surface area contributed by atoms with Crippen molar-refractivity contribution in [3.05, 3.63) is 72.1 Å². The Kier molecular flexibility index (Phi) is 5.95. The van der Waals surface area contributed by atoms with E-state index in [0.717, 1.165) is 26.2 Å². The summed E-state index contributed by atoms with van der Waals surface area (Å²) in [6.45, 7) is 6.73. The molecule has 0 bridgehead atoms. The molecule has 23 heavy (non-hydrogen) atoms. The zero-order valence-electron chi connectivity index (χ0n) is 13.6. The molecule has 1 aliphatic rings. The smallest absolute Gasteiger partial charge is 0.0271 e. The van der Waals surface area contributed by atoms with E-state index < -0.39 is 0 Å². The van der Waals surface area contributed by atoms with Crippen molar-refractivity contribution in [2.75, 3.05) is 32.7 Å². The van der Waals surface area contributed by atoms with Crippen LogP contribution in [0, 0.1) is 0 Å². The van der Waals surface area contributed by atoms with Gasteiger partial charge in [0.15, 0.2) is 0 Å². The Morgan fingerprint density at radius 1 is 0.870 bits per heavy atom. The van der Waals surface area contributed by atoms with Crippen LogP contribution in [0.2, 0.25) is 0 Å². The Morgan fingerprint density at radius 2 is 1.61 bits per heavy atom. The van der Waals surface area contributed by atoms with E-state index in [9.17, 15) is 0 Å². The predicted octanol–water partition coefficient (Wildman–Crippen LogP) is 3.30. The van der Waals surface area contributed by atoms with Gasteiger partial charge < -0.3 is 0 Å². The molecule has 120 valence electrons. The summed E-state index contributed by atoms with van der Waals surface area (Å²) in [5.41, 5.74) is 2.64. The van der Waals surface area contributed by atoms with Gasteiger partial charge in [-0.2, -0.15) is 0 Å². The van der Waals surface area contributed by atoms with Crippen molar-refractivity contribution >= 4 is 6.08 Å². The van der Waals surface area contributed by atoms with Gasteiger partial charge in [-0.15, -0.1) is 0 Å². The molecule has 0 unspecified atom stereocenters. The lowest BCUT2D eigenvalue weighted by Crippen LogP contribution is -2.30. The summed E-state index contributed by atoms with van der Waals surface area (Å²) < 4.78 is 0. The Bertz CT molecular complexity index is 595. The highest BCUT2D eigenvalue weighted by Crippen LogP contribution is 2.09. The molecular formula is C20H25N3. The Morgan fingerprint density at radius 3 is 2.43 bits per heavy atom. The first-order valence-corrected chi connectivity index (χ1v) is 8.45. The molecule has 1 aromatic carbocycles. The van der Waals surface area contributed by atoms with Crippen molar-refractivity contribution in [1.29, 1.82) is 0 Å². The molecule has 3 heteroatoms. The number of hydrogen-bond donors (Lipinski definition) is 0. The van der Waals surface area contributed by atoms with Gasteiger partial charge in [0, 0.05) is 38.6 Å². The van der Waals surface area contributed by atoms with Crippen molar-refractivity contribution in [3.8, 4) is 0 Å². The lowest BCUT2D eigenvalue weighted by molar-refractivity contribution is 0.262. The second kappa shape index (κ2) is 8.61. The van der Waals surface area contributed by atoms with Crippen LogP contribution in [0.4, 0.5) is 0 Å². The monoisotopic (exact) mass is 307 g/mol. The summed E-state index contributed by atoms with van der Waals surface area (Å²) in [4.78, 5) is 9.19. The lowest BCUT2D eigenvalue weighted by atomic mass is 10.2. The van der Waals surface area contributed by atoms with Crippen molar-refractivity contribution in [3.63, 3.8) is 0 Å². The third-order valence-electron chi connectivity index (χ3n) is 4.31. The molecule has 2 aromatic rings. The second-order valence-electron chi connectivity index (χ2n) is 6.10. The summed E-state index contributed by atoms with van der Waals surface area (Å²) in [7, 11) is 0. The average molecular weight is 307 g/mol. The molecule has 2 heterocycles. The Balaban J connectivity index is 1.46. The second-order valence-corrected chi connectivity index (χ2v) is 6.10. The minimum Gasteiger partial charge on any atom is -0.298 e. The molecule has 0 amide bonds. The summed E-state index contributed by atoms with van der Waals surface area (Å²) in [6, 6.07) is 14.8. The minimum absolute atomic E-state index is 1.04. The number of aromatic nitrogens is 1. The molecule has 0 radical (unpaired) electrons. The molecule has 0 N–H and O–H groups in total. The molecule has 3 nitrogen and oxygen atoms in total. The zero-order chi connectivity index (χ0) is 15.7. The van der Waals surface area contributed by atoms with Gasteiger partial charge in [-0.1, -0.05) is 42.5 Å². The first-order chi connectivity index (χ1) is 11.4. The lowest BCUT2D eigenvalue weighted by Gasteiger charge is -2.21. The third kappa shape index (κ3) is 5.31. The number of rotatable bonds is 5. The van der Waals surface area contributed by atoms with E-state index in [1.807, 2.05) is 12.4 Å². The standard InChI is InChI=1S/C20H25N3/c1-2-6-19(7-3-1)8-4-13-22-14-5-15-23(17-16-22)18-20-9-11-21-12-10-20/h1-4,6-12H,5,13-18H2/b8-4+. The fourth-order valence-electron chi connectivity index (χ4n) is 3.01. The van der Waals surface area contributed by atoms with E-state index in [0.29, 0.717) is 0 Å². The van der Waals surface area contributed by atoms with Gasteiger partial charge in [0.2, 0.25) is 0 Å². The normalized spacial score (nSPS) is 17.4. The van der Waals surface area contributed by atoms with Crippen molar-refractivity contribution in [2.24, 2.45) is 0 Å². The van der Waals surface area contributed by atoms with E-state index in [-0.39, 0.29) is 0 Å². The largest absolute Gasteiger partial charge is 0.298 e. The van der Waals surface area contributed by atoms with E-state index in [2.05, 4.69) is 69.4 Å². The number of benzene rings is 1. The van der Waals surface area contributed by atoms with Crippen LogP contribution in [-0.2, 0) is 6.54 Å². The molecule has 0 spiro atoms. The quantitative estimate of drug-likeness (QED) is 0.845. The summed E-state index contributed by atoms with van der Waals surface area (Å²) in [5.74, 6) is 0. The molecule has 0 atom stereocenters. The van der Waals surface area contributed by atoms with Gasteiger partial charge in [-0.05, 0) is 42.8 Å². The zero-order valence-corrected chi connectivity index (χ0v) is 13.6. The van der Waals surface area contributed by atoms with E-state index in [1.54, 1.807) is 0 Å². The van der Waals surface area contributed by atoms with Crippen LogP contribution >= 0.6 is 0 Å². The van der Waals surface area contributed by atoms with Gasteiger partial charge in [0.05, 0.1) is 0 Å². The number of hydrogen-bond acceptors (Lipinski definition) is 3. The van der Waals surface area contributed by atoms with Crippen molar-refractivity contribution < 1.29 is 0 Å². The Labute approximate surface area is 139 Å². The molecule has 0 saturated carbocycles. The van der Waals surface area contributed by atoms with Crippen LogP contribution < -0.4 is 0 Å². The van der Waals surface area contributed by atoms with Crippen LogP contribution in [-0.4, -0.2) is 47.5 Å².